The fourth-order valence-electron chi connectivity index (χ4n) is 3.50. The Labute approximate surface area is 184 Å². The van der Waals surface area contributed by atoms with Crippen molar-refractivity contribution in [2.75, 3.05) is 24.4 Å². The number of imide groups is 1. The molecular weight excluding hydrogens is 411 g/mol. The molecule has 3 aromatic carbocycles. The number of aryl methyl sites for hydroxylation is 1. The van der Waals surface area contributed by atoms with Crippen molar-refractivity contribution in [3.05, 3.63) is 89.4 Å². The first-order valence-electron chi connectivity index (χ1n) is 9.87. The topological polar surface area (TPSA) is 67.9 Å². The molecule has 0 aromatic heterocycles. The highest BCUT2D eigenvalue weighted by molar-refractivity contribution is 6.46. The summed E-state index contributed by atoms with van der Waals surface area (Å²) in [4.78, 5) is 28.0. The predicted octanol–water partition coefficient (Wildman–Crippen LogP) is 4.55. The van der Waals surface area contributed by atoms with Crippen molar-refractivity contribution in [1.82, 2.24) is 0 Å². The van der Waals surface area contributed by atoms with E-state index in [1.54, 1.807) is 36.4 Å². The summed E-state index contributed by atoms with van der Waals surface area (Å²) in [6.45, 7) is 1.93. The van der Waals surface area contributed by atoms with E-state index >= 15 is 0 Å². The Kier molecular flexibility index (Phi) is 5.64. The Hall–Kier alpha value is -4.13. The van der Waals surface area contributed by atoms with Gasteiger partial charge in [0.2, 0.25) is 0 Å². The summed E-state index contributed by atoms with van der Waals surface area (Å²) in [5.41, 5.74) is 2.50. The van der Waals surface area contributed by atoms with Crippen molar-refractivity contribution in [3.63, 3.8) is 0 Å². The number of methoxy groups -OCH3 is 2. The minimum absolute atomic E-state index is 0.0613. The second kappa shape index (κ2) is 8.55. The number of anilines is 2. The molecule has 0 unspecified atom stereocenters. The van der Waals surface area contributed by atoms with Crippen LogP contribution in [0.3, 0.4) is 0 Å². The van der Waals surface area contributed by atoms with E-state index in [9.17, 15) is 14.0 Å². The predicted molar refractivity (Wildman–Crippen MR) is 120 cm³/mol. The van der Waals surface area contributed by atoms with E-state index in [-0.39, 0.29) is 11.3 Å². The number of hydrogen-bond donors (Lipinski definition) is 1. The number of benzene rings is 3. The van der Waals surface area contributed by atoms with Crippen LogP contribution in [0, 0.1) is 12.7 Å². The van der Waals surface area contributed by atoms with Gasteiger partial charge in [0.05, 0.1) is 25.5 Å². The number of halogens is 1. The molecule has 0 bridgehead atoms. The average molecular weight is 432 g/mol. The van der Waals surface area contributed by atoms with Crippen LogP contribution in [0.2, 0.25) is 0 Å². The van der Waals surface area contributed by atoms with Crippen LogP contribution in [-0.4, -0.2) is 26.0 Å². The molecule has 2 amide bonds. The van der Waals surface area contributed by atoms with Gasteiger partial charge in [-0.25, -0.2) is 9.29 Å². The van der Waals surface area contributed by atoms with Crippen LogP contribution in [0.25, 0.3) is 5.57 Å². The largest absolute Gasteiger partial charge is 0.497 e. The molecule has 0 aliphatic carbocycles. The van der Waals surface area contributed by atoms with Crippen LogP contribution in [0.1, 0.15) is 11.1 Å². The van der Waals surface area contributed by atoms with Crippen LogP contribution in [0.5, 0.6) is 11.5 Å². The van der Waals surface area contributed by atoms with E-state index in [4.69, 9.17) is 9.47 Å². The fourth-order valence-corrected chi connectivity index (χ4v) is 3.50. The van der Waals surface area contributed by atoms with E-state index in [0.717, 1.165) is 10.5 Å². The molecule has 32 heavy (non-hydrogen) atoms. The smallest absolute Gasteiger partial charge is 0.282 e. The van der Waals surface area contributed by atoms with Crippen molar-refractivity contribution < 1.29 is 23.5 Å². The Bertz CT molecular complexity index is 1210. The minimum atomic E-state index is -0.565. The van der Waals surface area contributed by atoms with E-state index < -0.39 is 17.6 Å². The molecule has 162 valence electrons. The first-order chi connectivity index (χ1) is 15.4. The van der Waals surface area contributed by atoms with Crippen molar-refractivity contribution in [3.8, 4) is 11.5 Å². The highest BCUT2D eigenvalue weighted by Gasteiger charge is 2.40. The number of hydrogen-bond acceptors (Lipinski definition) is 5. The Balaban J connectivity index is 1.84. The van der Waals surface area contributed by atoms with Gasteiger partial charge in [0, 0.05) is 23.9 Å². The van der Waals surface area contributed by atoms with Crippen LogP contribution in [0.4, 0.5) is 15.8 Å². The Morgan fingerprint density at radius 3 is 2.09 bits per heavy atom. The molecule has 6 nitrogen and oxygen atoms in total. The van der Waals surface area contributed by atoms with Gasteiger partial charge in [-0.05, 0) is 30.7 Å². The summed E-state index contributed by atoms with van der Waals surface area (Å²) in [7, 11) is 2.97. The third-order valence-electron chi connectivity index (χ3n) is 5.11. The zero-order valence-electron chi connectivity index (χ0n) is 17.8. The molecule has 0 spiro atoms. The summed E-state index contributed by atoms with van der Waals surface area (Å²) in [6, 6.07) is 17.8. The first kappa shape index (κ1) is 21.1. The summed E-state index contributed by atoms with van der Waals surface area (Å²) in [6.07, 6.45) is 0. The van der Waals surface area contributed by atoms with Crippen molar-refractivity contribution in [2.24, 2.45) is 0 Å². The summed E-state index contributed by atoms with van der Waals surface area (Å²) in [5.74, 6) is -0.663. The number of amides is 2. The molecule has 1 heterocycles. The lowest BCUT2D eigenvalue weighted by molar-refractivity contribution is -0.120. The first-order valence-corrected chi connectivity index (χ1v) is 9.87. The van der Waals surface area contributed by atoms with Crippen molar-refractivity contribution in [1.29, 1.82) is 0 Å². The SMILES string of the molecule is COc1cc(OC)cc(N2C(=O)C(Nc3cccc(F)c3)=C(c3ccc(C)cc3)C2=O)c1. The van der Waals surface area contributed by atoms with Crippen molar-refractivity contribution in [2.45, 2.75) is 6.92 Å². The van der Waals surface area contributed by atoms with Gasteiger partial charge >= 0.3 is 0 Å². The molecule has 0 atom stereocenters. The number of carbonyl (C=O) groups is 2. The maximum Gasteiger partial charge on any atom is 0.282 e. The van der Waals surface area contributed by atoms with Crippen LogP contribution in [0.15, 0.2) is 72.4 Å². The molecule has 0 radical (unpaired) electrons. The molecule has 1 aliphatic rings. The number of ether oxygens (including phenoxy) is 2. The van der Waals surface area contributed by atoms with E-state index in [1.165, 1.54) is 32.4 Å². The molecule has 1 aliphatic heterocycles. The molecule has 0 fully saturated rings. The maximum absolute atomic E-state index is 13.7. The quantitative estimate of drug-likeness (QED) is 0.579. The maximum atomic E-state index is 13.7. The lowest BCUT2D eigenvalue weighted by atomic mass is 10.0. The van der Waals surface area contributed by atoms with Gasteiger partial charge in [0.15, 0.2) is 0 Å². The van der Waals surface area contributed by atoms with Gasteiger partial charge < -0.3 is 14.8 Å². The zero-order chi connectivity index (χ0) is 22.8. The fraction of sp³-hybridized carbons (Fsp3) is 0.120. The molecule has 3 aromatic rings. The van der Waals surface area contributed by atoms with Gasteiger partial charge in [0.25, 0.3) is 11.8 Å². The average Bonchev–Trinajstić information content (AvgIpc) is 3.03. The highest BCUT2D eigenvalue weighted by Crippen LogP contribution is 2.37. The van der Waals surface area contributed by atoms with E-state index in [2.05, 4.69) is 5.32 Å². The van der Waals surface area contributed by atoms with E-state index in [1.807, 2.05) is 19.1 Å². The normalized spacial score (nSPS) is 13.6. The number of rotatable bonds is 6. The van der Waals surface area contributed by atoms with Crippen LogP contribution >= 0.6 is 0 Å². The second-order valence-electron chi connectivity index (χ2n) is 7.27. The summed E-state index contributed by atoms with van der Waals surface area (Å²) >= 11 is 0. The zero-order valence-corrected chi connectivity index (χ0v) is 17.8. The molecular formula is C25H21FN2O4. The Morgan fingerprint density at radius 1 is 0.844 bits per heavy atom. The third kappa shape index (κ3) is 3.92. The lowest BCUT2D eigenvalue weighted by Gasteiger charge is -2.17. The van der Waals surface area contributed by atoms with Crippen LogP contribution < -0.4 is 19.7 Å². The van der Waals surface area contributed by atoms with Gasteiger partial charge in [-0.15, -0.1) is 0 Å². The monoisotopic (exact) mass is 432 g/mol. The molecule has 0 saturated carbocycles. The van der Waals surface area contributed by atoms with Crippen molar-refractivity contribution >= 4 is 28.8 Å². The number of nitrogens with one attached hydrogen (secondary N) is 1. The van der Waals surface area contributed by atoms with Gasteiger partial charge in [-0.1, -0.05) is 35.9 Å². The van der Waals surface area contributed by atoms with Gasteiger partial charge in [0.1, 0.15) is 23.0 Å². The second-order valence-corrected chi connectivity index (χ2v) is 7.27. The van der Waals surface area contributed by atoms with Gasteiger partial charge in [-0.3, -0.25) is 9.59 Å². The standard InChI is InChI=1S/C25H21FN2O4/c1-15-7-9-16(10-8-15)22-23(27-18-6-4-5-17(26)11-18)25(30)28(24(22)29)19-12-20(31-2)14-21(13-19)32-3/h4-14,27H,1-3H3. The Morgan fingerprint density at radius 2 is 1.50 bits per heavy atom. The summed E-state index contributed by atoms with van der Waals surface area (Å²) < 4.78 is 24.3. The molecule has 7 heteroatoms. The summed E-state index contributed by atoms with van der Waals surface area (Å²) in [5, 5.41) is 2.95. The highest BCUT2D eigenvalue weighted by atomic mass is 19.1. The van der Waals surface area contributed by atoms with E-state index in [0.29, 0.717) is 28.4 Å². The molecule has 1 N–H and O–H groups in total. The minimum Gasteiger partial charge on any atom is -0.497 e. The number of carbonyl (C=O) groups excluding carboxylic acids is 2. The molecule has 0 saturated heterocycles. The van der Waals surface area contributed by atoms with Gasteiger partial charge in [-0.2, -0.15) is 0 Å². The third-order valence-corrected chi connectivity index (χ3v) is 5.11. The number of nitrogens with zero attached hydrogens (tertiary/aromatic N) is 1. The lowest BCUT2D eigenvalue weighted by Crippen LogP contribution is -2.32. The van der Waals surface area contributed by atoms with Crippen LogP contribution in [-0.2, 0) is 9.59 Å². The molecule has 4 rings (SSSR count).